The fraction of sp³-hybridized carbons (Fsp3) is 0.692. The highest BCUT2D eigenvalue weighted by Gasteiger charge is 2.30. The Kier molecular flexibility index (Phi) is 2.97. The van der Waals surface area contributed by atoms with Gasteiger partial charge in [0, 0.05) is 44.6 Å². The van der Waals surface area contributed by atoms with Crippen molar-refractivity contribution >= 4 is 5.95 Å². The van der Waals surface area contributed by atoms with Crippen molar-refractivity contribution in [2.75, 3.05) is 31.1 Å². The Morgan fingerprint density at radius 3 is 2.53 bits per heavy atom. The Labute approximate surface area is 103 Å². The summed E-state index contributed by atoms with van der Waals surface area (Å²) in [6.45, 7) is 6.60. The lowest BCUT2D eigenvalue weighted by atomic mass is 10.4. The second kappa shape index (κ2) is 4.61. The molecule has 4 nitrogen and oxygen atoms in total. The van der Waals surface area contributed by atoms with E-state index in [-0.39, 0.29) is 0 Å². The van der Waals surface area contributed by atoms with E-state index in [4.69, 9.17) is 0 Å². The number of hydrogen-bond donors (Lipinski definition) is 0. The van der Waals surface area contributed by atoms with Gasteiger partial charge in [-0.15, -0.1) is 0 Å². The molecule has 0 N–H and O–H groups in total. The molecule has 0 amide bonds. The monoisotopic (exact) mass is 232 g/mol. The molecule has 0 atom stereocenters. The summed E-state index contributed by atoms with van der Waals surface area (Å²) >= 11 is 0. The molecule has 2 aliphatic rings. The molecule has 0 bridgehead atoms. The molecule has 17 heavy (non-hydrogen) atoms. The largest absolute Gasteiger partial charge is 0.339 e. The maximum absolute atomic E-state index is 4.43. The van der Waals surface area contributed by atoms with Crippen molar-refractivity contribution in [3.8, 4) is 0 Å². The Morgan fingerprint density at radius 1 is 1.06 bits per heavy atom. The van der Waals surface area contributed by atoms with Gasteiger partial charge in [-0.05, 0) is 31.7 Å². The third-order valence-electron chi connectivity index (χ3n) is 3.64. The second-order valence-electron chi connectivity index (χ2n) is 5.17. The molecule has 4 heteroatoms. The van der Waals surface area contributed by atoms with E-state index in [9.17, 15) is 0 Å². The molecule has 92 valence electrons. The molecule has 1 saturated carbocycles. The fourth-order valence-electron chi connectivity index (χ4n) is 2.49. The van der Waals surface area contributed by atoms with Gasteiger partial charge in [-0.3, -0.25) is 4.90 Å². The lowest BCUT2D eigenvalue weighted by Crippen LogP contribution is -2.32. The van der Waals surface area contributed by atoms with Crippen molar-refractivity contribution < 1.29 is 0 Å². The van der Waals surface area contributed by atoms with E-state index in [0.29, 0.717) is 0 Å². The van der Waals surface area contributed by atoms with Crippen LogP contribution in [0.5, 0.6) is 0 Å². The molecule has 0 radical (unpaired) electrons. The average molecular weight is 232 g/mol. The van der Waals surface area contributed by atoms with E-state index in [1.165, 1.54) is 32.4 Å². The standard InChI is InChI=1S/C13H20N4/c1-11-9-14-13(15-10-11)17-6-2-5-16(7-8-17)12-3-4-12/h9-10,12H,2-8H2,1H3. The summed E-state index contributed by atoms with van der Waals surface area (Å²) in [6.07, 6.45) is 7.85. The minimum atomic E-state index is 0.883. The van der Waals surface area contributed by atoms with E-state index in [1.54, 1.807) is 0 Å². The van der Waals surface area contributed by atoms with E-state index < -0.39 is 0 Å². The van der Waals surface area contributed by atoms with Gasteiger partial charge in [0.1, 0.15) is 0 Å². The normalized spacial score (nSPS) is 22.5. The van der Waals surface area contributed by atoms with Gasteiger partial charge in [0.15, 0.2) is 0 Å². The average Bonchev–Trinajstić information content (AvgIpc) is 3.16. The third kappa shape index (κ3) is 2.57. The maximum atomic E-state index is 4.43. The van der Waals surface area contributed by atoms with Crippen LogP contribution >= 0.6 is 0 Å². The van der Waals surface area contributed by atoms with E-state index in [1.807, 2.05) is 19.3 Å². The minimum Gasteiger partial charge on any atom is -0.339 e. The van der Waals surface area contributed by atoms with Crippen molar-refractivity contribution in [3.63, 3.8) is 0 Å². The quantitative estimate of drug-likeness (QED) is 0.772. The van der Waals surface area contributed by atoms with Gasteiger partial charge in [-0.25, -0.2) is 9.97 Å². The molecule has 2 fully saturated rings. The number of aryl methyl sites for hydroxylation is 1. The van der Waals surface area contributed by atoms with Crippen LogP contribution in [-0.4, -0.2) is 47.1 Å². The molecule has 0 aromatic carbocycles. The predicted octanol–water partition coefficient (Wildman–Crippen LogP) is 1.46. The van der Waals surface area contributed by atoms with E-state index >= 15 is 0 Å². The molecule has 0 unspecified atom stereocenters. The Morgan fingerprint density at radius 2 is 1.82 bits per heavy atom. The summed E-state index contributed by atoms with van der Waals surface area (Å²) < 4.78 is 0. The molecule has 1 aromatic heterocycles. The van der Waals surface area contributed by atoms with Crippen LogP contribution in [0.3, 0.4) is 0 Å². The molecule has 1 aromatic rings. The number of rotatable bonds is 2. The van der Waals surface area contributed by atoms with Crippen LogP contribution in [0.2, 0.25) is 0 Å². The lowest BCUT2D eigenvalue weighted by Gasteiger charge is -2.21. The van der Waals surface area contributed by atoms with Gasteiger partial charge in [-0.2, -0.15) is 0 Å². The number of nitrogens with zero attached hydrogens (tertiary/aromatic N) is 4. The Bertz CT molecular complexity index is 372. The van der Waals surface area contributed by atoms with E-state index in [2.05, 4.69) is 19.8 Å². The fourth-order valence-corrected chi connectivity index (χ4v) is 2.49. The van der Waals surface area contributed by atoms with Gasteiger partial charge >= 0.3 is 0 Å². The Balaban J connectivity index is 1.65. The van der Waals surface area contributed by atoms with Crippen molar-refractivity contribution in [2.24, 2.45) is 0 Å². The number of hydrogen-bond acceptors (Lipinski definition) is 4. The van der Waals surface area contributed by atoms with Crippen molar-refractivity contribution in [1.82, 2.24) is 14.9 Å². The second-order valence-corrected chi connectivity index (χ2v) is 5.17. The van der Waals surface area contributed by atoms with Crippen LogP contribution in [0, 0.1) is 6.92 Å². The highest BCUT2D eigenvalue weighted by Crippen LogP contribution is 2.27. The molecule has 0 spiro atoms. The van der Waals surface area contributed by atoms with Crippen molar-refractivity contribution in [2.45, 2.75) is 32.2 Å². The number of aromatic nitrogens is 2. The number of anilines is 1. The smallest absolute Gasteiger partial charge is 0.225 e. The zero-order chi connectivity index (χ0) is 11.7. The zero-order valence-corrected chi connectivity index (χ0v) is 10.5. The molecular weight excluding hydrogens is 212 g/mol. The first-order chi connectivity index (χ1) is 8.33. The van der Waals surface area contributed by atoms with Gasteiger partial charge in [0.25, 0.3) is 0 Å². The van der Waals surface area contributed by atoms with Crippen molar-refractivity contribution in [3.05, 3.63) is 18.0 Å². The molecule has 3 rings (SSSR count). The van der Waals surface area contributed by atoms with Crippen LogP contribution in [0.15, 0.2) is 12.4 Å². The third-order valence-corrected chi connectivity index (χ3v) is 3.64. The summed E-state index contributed by atoms with van der Waals surface area (Å²) in [7, 11) is 0. The van der Waals surface area contributed by atoms with Crippen LogP contribution < -0.4 is 4.90 Å². The summed E-state index contributed by atoms with van der Waals surface area (Å²) in [6, 6.07) is 0.883. The molecule has 1 saturated heterocycles. The van der Waals surface area contributed by atoms with Gasteiger partial charge in [0.2, 0.25) is 5.95 Å². The first-order valence-corrected chi connectivity index (χ1v) is 6.60. The molecule has 1 aliphatic heterocycles. The Hall–Kier alpha value is -1.16. The highest BCUT2D eigenvalue weighted by atomic mass is 15.3. The van der Waals surface area contributed by atoms with Gasteiger partial charge < -0.3 is 4.90 Å². The maximum Gasteiger partial charge on any atom is 0.225 e. The SMILES string of the molecule is Cc1cnc(N2CCCN(C3CC3)CC2)nc1. The van der Waals surface area contributed by atoms with E-state index in [0.717, 1.165) is 30.6 Å². The summed E-state index contributed by atoms with van der Waals surface area (Å²) in [5, 5.41) is 0. The van der Waals surface area contributed by atoms with Gasteiger partial charge in [-0.1, -0.05) is 0 Å². The summed E-state index contributed by atoms with van der Waals surface area (Å²) in [5.74, 6) is 0.897. The predicted molar refractivity (Wildman–Crippen MR) is 68.2 cm³/mol. The van der Waals surface area contributed by atoms with Crippen LogP contribution in [-0.2, 0) is 0 Å². The van der Waals surface area contributed by atoms with Crippen LogP contribution in [0.1, 0.15) is 24.8 Å². The molecule has 1 aliphatic carbocycles. The summed E-state index contributed by atoms with van der Waals surface area (Å²) in [5.41, 5.74) is 1.13. The minimum absolute atomic E-state index is 0.883. The lowest BCUT2D eigenvalue weighted by molar-refractivity contribution is 0.283. The highest BCUT2D eigenvalue weighted by molar-refractivity contribution is 5.29. The van der Waals surface area contributed by atoms with Gasteiger partial charge in [0.05, 0.1) is 0 Å². The van der Waals surface area contributed by atoms with Crippen LogP contribution in [0.4, 0.5) is 5.95 Å². The van der Waals surface area contributed by atoms with Crippen LogP contribution in [0.25, 0.3) is 0 Å². The first-order valence-electron chi connectivity index (χ1n) is 6.60. The molecular formula is C13H20N4. The molecule has 2 heterocycles. The van der Waals surface area contributed by atoms with Crippen molar-refractivity contribution in [1.29, 1.82) is 0 Å². The summed E-state index contributed by atoms with van der Waals surface area (Å²) in [4.78, 5) is 13.8. The zero-order valence-electron chi connectivity index (χ0n) is 10.5. The first kappa shape index (κ1) is 11.0. The topological polar surface area (TPSA) is 32.3 Å².